The highest BCUT2D eigenvalue weighted by Crippen LogP contribution is 2.24. The molecular formula is C15H20FN. The monoisotopic (exact) mass is 233 g/mol. The maximum atomic E-state index is 13.9. The van der Waals surface area contributed by atoms with Crippen LogP contribution in [-0.2, 0) is 0 Å². The van der Waals surface area contributed by atoms with Crippen LogP contribution in [-0.4, -0.2) is 18.5 Å². The molecule has 1 atom stereocenters. The second-order valence-corrected chi connectivity index (χ2v) is 4.29. The van der Waals surface area contributed by atoms with Gasteiger partial charge in [-0.2, -0.15) is 0 Å². The molecule has 0 saturated carbocycles. The van der Waals surface area contributed by atoms with Crippen LogP contribution in [0.15, 0.2) is 30.5 Å². The molecule has 0 heterocycles. The van der Waals surface area contributed by atoms with E-state index in [2.05, 4.69) is 31.1 Å². The second-order valence-electron chi connectivity index (χ2n) is 4.29. The van der Waals surface area contributed by atoms with Gasteiger partial charge in [0.2, 0.25) is 0 Å². The molecule has 1 nitrogen and oxygen atoms in total. The number of allylic oxidation sites excluding steroid dienone is 1. The van der Waals surface area contributed by atoms with E-state index in [1.807, 2.05) is 20.0 Å². The van der Waals surface area contributed by atoms with Crippen molar-refractivity contribution in [3.8, 4) is 0 Å². The molecule has 1 aromatic carbocycles. The highest BCUT2D eigenvalue weighted by atomic mass is 19.1. The lowest BCUT2D eigenvalue weighted by Crippen LogP contribution is -2.21. The normalized spacial score (nSPS) is 12.4. The van der Waals surface area contributed by atoms with Gasteiger partial charge >= 0.3 is 0 Å². The standard InChI is InChI=1S/C15H20FN/c1-6-11(3)14-9-8-13(10-15(14)16)12(4)17(5)7-2/h8-10,12H,1,7H2,2-5H3. The number of nitrogens with zero attached hydrogens (tertiary/aromatic N) is 1. The summed E-state index contributed by atoms with van der Waals surface area (Å²) in [5, 5.41) is 0. The van der Waals surface area contributed by atoms with E-state index in [-0.39, 0.29) is 11.9 Å². The largest absolute Gasteiger partial charge is 0.300 e. The summed E-state index contributed by atoms with van der Waals surface area (Å²) in [6.45, 7) is 10.5. The summed E-state index contributed by atoms with van der Waals surface area (Å²) in [5.74, 6) is -0.201. The van der Waals surface area contributed by atoms with Crippen molar-refractivity contribution in [2.24, 2.45) is 0 Å². The minimum atomic E-state index is -0.201. The van der Waals surface area contributed by atoms with Crippen molar-refractivity contribution >= 4 is 5.57 Å². The molecule has 92 valence electrons. The molecular weight excluding hydrogens is 213 g/mol. The Morgan fingerprint density at radius 2 is 2.18 bits per heavy atom. The Labute approximate surface area is 103 Å². The van der Waals surface area contributed by atoms with Crippen molar-refractivity contribution in [2.75, 3.05) is 13.6 Å². The fourth-order valence-corrected chi connectivity index (χ4v) is 1.72. The summed E-state index contributed by atoms with van der Waals surface area (Å²) >= 11 is 0. The molecule has 0 radical (unpaired) electrons. The van der Waals surface area contributed by atoms with E-state index in [0.717, 1.165) is 17.7 Å². The van der Waals surface area contributed by atoms with Gasteiger partial charge in [-0.15, -0.1) is 5.73 Å². The van der Waals surface area contributed by atoms with E-state index in [1.165, 1.54) is 0 Å². The Bertz CT molecular complexity index is 444. The number of halogens is 1. The Morgan fingerprint density at radius 3 is 2.65 bits per heavy atom. The summed E-state index contributed by atoms with van der Waals surface area (Å²) in [4.78, 5) is 2.17. The van der Waals surface area contributed by atoms with Crippen LogP contribution in [0.4, 0.5) is 4.39 Å². The van der Waals surface area contributed by atoms with Crippen molar-refractivity contribution in [2.45, 2.75) is 26.8 Å². The van der Waals surface area contributed by atoms with E-state index in [9.17, 15) is 4.39 Å². The third-order valence-corrected chi connectivity index (χ3v) is 3.30. The first kappa shape index (κ1) is 13.7. The quantitative estimate of drug-likeness (QED) is 0.710. The first-order valence-electron chi connectivity index (χ1n) is 5.88. The minimum absolute atomic E-state index is 0.201. The zero-order valence-corrected chi connectivity index (χ0v) is 11.0. The molecule has 0 spiro atoms. The molecule has 0 bridgehead atoms. The molecule has 0 saturated heterocycles. The zero-order valence-electron chi connectivity index (χ0n) is 11.0. The molecule has 0 aromatic heterocycles. The topological polar surface area (TPSA) is 3.24 Å². The predicted molar refractivity (Wildman–Crippen MR) is 71.3 cm³/mol. The van der Waals surface area contributed by atoms with Gasteiger partial charge in [-0.25, -0.2) is 4.39 Å². The van der Waals surface area contributed by atoms with Gasteiger partial charge in [0.15, 0.2) is 0 Å². The highest BCUT2D eigenvalue weighted by Gasteiger charge is 2.12. The first-order chi connectivity index (χ1) is 8.01. The van der Waals surface area contributed by atoms with Gasteiger partial charge < -0.3 is 0 Å². The number of hydrogen-bond acceptors (Lipinski definition) is 1. The van der Waals surface area contributed by atoms with Crippen LogP contribution in [0.5, 0.6) is 0 Å². The maximum Gasteiger partial charge on any atom is 0.131 e. The predicted octanol–water partition coefficient (Wildman–Crippen LogP) is 4.03. The zero-order chi connectivity index (χ0) is 13.0. The molecule has 0 N–H and O–H groups in total. The molecule has 0 fully saturated rings. The summed E-state index contributed by atoms with van der Waals surface area (Å²) in [6, 6.07) is 5.60. The average molecular weight is 233 g/mol. The van der Waals surface area contributed by atoms with Crippen LogP contribution in [0.3, 0.4) is 0 Å². The Morgan fingerprint density at radius 1 is 1.53 bits per heavy atom. The summed E-state index contributed by atoms with van der Waals surface area (Å²) in [7, 11) is 2.03. The summed E-state index contributed by atoms with van der Waals surface area (Å²) in [6.07, 6.45) is 0. The highest BCUT2D eigenvalue weighted by molar-refractivity contribution is 5.63. The lowest BCUT2D eigenvalue weighted by atomic mass is 10.0. The van der Waals surface area contributed by atoms with E-state index >= 15 is 0 Å². The molecule has 0 aliphatic carbocycles. The maximum absolute atomic E-state index is 13.9. The molecule has 17 heavy (non-hydrogen) atoms. The van der Waals surface area contributed by atoms with E-state index in [1.54, 1.807) is 12.1 Å². The van der Waals surface area contributed by atoms with Crippen LogP contribution in [0.1, 0.15) is 37.9 Å². The molecule has 1 unspecified atom stereocenters. The smallest absolute Gasteiger partial charge is 0.131 e. The van der Waals surface area contributed by atoms with Crippen molar-refractivity contribution in [1.82, 2.24) is 4.90 Å². The fraction of sp³-hybridized carbons (Fsp3) is 0.400. The van der Waals surface area contributed by atoms with Crippen molar-refractivity contribution < 1.29 is 4.39 Å². The van der Waals surface area contributed by atoms with E-state index in [0.29, 0.717) is 5.56 Å². The van der Waals surface area contributed by atoms with Crippen LogP contribution in [0.25, 0.3) is 5.57 Å². The van der Waals surface area contributed by atoms with Crippen LogP contribution in [0.2, 0.25) is 0 Å². The Kier molecular flexibility index (Phi) is 4.68. The lowest BCUT2D eigenvalue weighted by molar-refractivity contribution is 0.275. The lowest BCUT2D eigenvalue weighted by Gasteiger charge is -2.23. The SMILES string of the molecule is C=C=C(C)c1ccc(C(C)N(C)CC)cc1F. The number of hydrogen-bond donors (Lipinski definition) is 0. The van der Waals surface area contributed by atoms with Gasteiger partial charge in [0, 0.05) is 17.2 Å². The van der Waals surface area contributed by atoms with Crippen LogP contribution < -0.4 is 0 Å². The van der Waals surface area contributed by atoms with Gasteiger partial charge in [-0.3, -0.25) is 4.90 Å². The van der Waals surface area contributed by atoms with Gasteiger partial charge in [0.25, 0.3) is 0 Å². The fourth-order valence-electron chi connectivity index (χ4n) is 1.72. The average Bonchev–Trinajstić information content (AvgIpc) is 2.35. The van der Waals surface area contributed by atoms with Crippen LogP contribution in [0, 0.1) is 5.82 Å². The van der Waals surface area contributed by atoms with Crippen LogP contribution >= 0.6 is 0 Å². The van der Waals surface area contributed by atoms with Gasteiger partial charge in [-0.1, -0.05) is 25.6 Å². The van der Waals surface area contributed by atoms with Crippen molar-refractivity contribution in [3.63, 3.8) is 0 Å². The molecule has 1 rings (SSSR count). The van der Waals surface area contributed by atoms with Gasteiger partial charge in [0.05, 0.1) is 0 Å². The van der Waals surface area contributed by atoms with Crippen molar-refractivity contribution in [1.29, 1.82) is 0 Å². The molecule has 0 aliphatic heterocycles. The summed E-state index contributed by atoms with van der Waals surface area (Å²) in [5.41, 5.74) is 5.03. The number of rotatable bonds is 4. The van der Waals surface area contributed by atoms with Gasteiger partial charge in [-0.05, 0) is 39.1 Å². The molecule has 2 heteroatoms. The Balaban J connectivity index is 3.08. The third-order valence-electron chi connectivity index (χ3n) is 3.30. The molecule has 0 aliphatic rings. The van der Waals surface area contributed by atoms with E-state index in [4.69, 9.17) is 0 Å². The Hall–Kier alpha value is -1.37. The third kappa shape index (κ3) is 3.06. The minimum Gasteiger partial charge on any atom is -0.300 e. The van der Waals surface area contributed by atoms with Gasteiger partial charge in [0.1, 0.15) is 5.82 Å². The second kappa shape index (κ2) is 5.81. The molecule has 0 amide bonds. The van der Waals surface area contributed by atoms with Crippen molar-refractivity contribution in [3.05, 3.63) is 47.5 Å². The first-order valence-corrected chi connectivity index (χ1v) is 5.88. The molecule has 1 aromatic rings. The number of benzene rings is 1. The van der Waals surface area contributed by atoms with E-state index < -0.39 is 0 Å². The summed E-state index contributed by atoms with van der Waals surface area (Å²) < 4.78 is 13.9.